The molecule has 0 rings (SSSR count). The quantitative estimate of drug-likeness (QED) is 0.273. The van der Waals surface area contributed by atoms with Gasteiger partial charge >= 0.3 is 5.97 Å². The van der Waals surface area contributed by atoms with E-state index in [9.17, 15) is 4.79 Å². The van der Waals surface area contributed by atoms with Crippen molar-refractivity contribution in [1.82, 2.24) is 0 Å². The fourth-order valence-electron chi connectivity index (χ4n) is 0.777. The van der Waals surface area contributed by atoms with E-state index in [2.05, 4.69) is 28.8 Å². The Balaban J connectivity index is 3.30. The number of esters is 1. The average Bonchev–Trinajstić information content (AvgIpc) is 2.16. The van der Waals surface area contributed by atoms with Crippen LogP contribution in [0.4, 0.5) is 0 Å². The first kappa shape index (κ1) is 11.9. The lowest BCUT2D eigenvalue weighted by Gasteiger charge is -1.91. The molecule has 0 aliphatic carbocycles. The summed E-state index contributed by atoms with van der Waals surface area (Å²) in [5, 5.41) is 0. The molecule has 0 unspecified atom stereocenters. The van der Waals surface area contributed by atoms with Crippen molar-refractivity contribution in [2.24, 2.45) is 4.99 Å². The highest BCUT2D eigenvalue weighted by Gasteiger charge is 1.89. The molecular formula is C10H17NO2. The fourth-order valence-corrected chi connectivity index (χ4v) is 0.777. The number of unbranched alkanes of at least 4 members (excludes halogenated alkanes) is 1. The van der Waals surface area contributed by atoms with Crippen LogP contribution in [-0.4, -0.2) is 25.8 Å². The maximum atomic E-state index is 10.6. The minimum Gasteiger partial charge on any atom is -0.465 e. The van der Waals surface area contributed by atoms with Crippen LogP contribution < -0.4 is 0 Å². The standard InChI is InChI=1S/C10H17NO2/c1-3-4-5-6-7-8-11-9-10(12)13-2/h4-5,9H,3,6-8H2,1-2H3/b5-4-,11-9?. The maximum absolute atomic E-state index is 10.6. The molecule has 0 atom stereocenters. The van der Waals surface area contributed by atoms with Gasteiger partial charge in [-0.05, 0) is 19.3 Å². The molecule has 0 N–H and O–H groups in total. The number of nitrogens with zero attached hydrogens (tertiary/aromatic N) is 1. The fraction of sp³-hybridized carbons (Fsp3) is 0.600. The Kier molecular flexibility index (Phi) is 8.20. The highest BCUT2D eigenvalue weighted by Crippen LogP contribution is 1.92. The summed E-state index contributed by atoms with van der Waals surface area (Å²) < 4.78 is 4.39. The monoisotopic (exact) mass is 183 g/mol. The number of aliphatic imine (C=N–C) groups is 1. The zero-order valence-corrected chi connectivity index (χ0v) is 8.32. The first-order valence-corrected chi connectivity index (χ1v) is 4.54. The molecule has 3 nitrogen and oxygen atoms in total. The summed E-state index contributed by atoms with van der Waals surface area (Å²) >= 11 is 0. The third-order valence-corrected chi connectivity index (χ3v) is 1.46. The first-order valence-electron chi connectivity index (χ1n) is 4.54. The lowest BCUT2D eigenvalue weighted by molar-refractivity contribution is -0.132. The Labute approximate surface area is 79.5 Å². The van der Waals surface area contributed by atoms with Crippen molar-refractivity contribution in [3.8, 4) is 0 Å². The van der Waals surface area contributed by atoms with E-state index in [-0.39, 0.29) is 5.97 Å². The predicted octanol–water partition coefficient (Wildman–Crippen LogP) is 1.98. The van der Waals surface area contributed by atoms with Gasteiger partial charge in [0, 0.05) is 6.54 Å². The Morgan fingerprint density at radius 2 is 2.23 bits per heavy atom. The molecule has 0 saturated heterocycles. The van der Waals surface area contributed by atoms with E-state index in [0.717, 1.165) is 19.3 Å². The highest BCUT2D eigenvalue weighted by atomic mass is 16.5. The summed E-state index contributed by atoms with van der Waals surface area (Å²) in [5.41, 5.74) is 0. The van der Waals surface area contributed by atoms with E-state index in [1.165, 1.54) is 13.3 Å². The van der Waals surface area contributed by atoms with Gasteiger partial charge in [0.25, 0.3) is 0 Å². The molecule has 13 heavy (non-hydrogen) atoms. The Hall–Kier alpha value is -1.12. The van der Waals surface area contributed by atoms with Gasteiger partial charge < -0.3 is 4.74 Å². The largest absolute Gasteiger partial charge is 0.465 e. The molecule has 0 aliphatic rings. The van der Waals surface area contributed by atoms with Crippen LogP contribution >= 0.6 is 0 Å². The van der Waals surface area contributed by atoms with Crippen molar-refractivity contribution in [2.45, 2.75) is 26.2 Å². The van der Waals surface area contributed by atoms with Gasteiger partial charge in [-0.1, -0.05) is 19.1 Å². The van der Waals surface area contributed by atoms with E-state index in [4.69, 9.17) is 0 Å². The van der Waals surface area contributed by atoms with Gasteiger partial charge in [-0.2, -0.15) is 0 Å². The highest BCUT2D eigenvalue weighted by molar-refractivity contribution is 6.23. The number of ether oxygens (including phenoxy) is 1. The number of rotatable bonds is 6. The molecule has 0 amide bonds. The van der Waals surface area contributed by atoms with E-state index in [0.29, 0.717) is 6.54 Å². The molecule has 0 spiro atoms. The summed E-state index contributed by atoms with van der Waals surface area (Å²) in [5.74, 6) is -0.385. The van der Waals surface area contributed by atoms with Gasteiger partial charge in [-0.15, -0.1) is 0 Å². The lowest BCUT2D eigenvalue weighted by atomic mass is 10.3. The number of methoxy groups -OCH3 is 1. The van der Waals surface area contributed by atoms with Crippen molar-refractivity contribution < 1.29 is 9.53 Å². The van der Waals surface area contributed by atoms with Crippen LogP contribution in [0.5, 0.6) is 0 Å². The van der Waals surface area contributed by atoms with Gasteiger partial charge in [0.1, 0.15) is 6.21 Å². The summed E-state index contributed by atoms with van der Waals surface area (Å²) in [6.07, 6.45) is 8.56. The van der Waals surface area contributed by atoms with Crippen LogP contribution in [0, 0.1) is 0 Å². The summed E-state index contributed by atoms with van der Waals surface area (Å²) in [4.78, 5) is 14.5. The summed E-state index contributed by atoms with van der Waals surface area (Å²) in [6, 6.07) is 0. The predicted molar refractivity (Wildman–Crippen MR) is 54.0 cm³/mol. The molecule has 0 radical (unpaired) electrons. The van der Waals surface area contributed by atoms with E-state index < -0.39 is 0 Å². The number of hydrogen-bond donors (Lipinski definition) is 0. The molecule has 0 fully saturated rings. The third-order valence-electron chi connectivity index (χ3n) is 1.46. The minimum atomic E-state index is -0.385. The van der Waals surface area contributed by atoms with E-state index >= 15 is 0 Å². The summed E-state index contributed by atoms with van der Waals surface area (Å²) in [7, 11) is 1.35. The molecule has 0 aromatic rings. The number of allylic oxidation sites excluding steroid dienone is 2. The molecule has 3 heteroatoms. The molecule has 0 aromatic carbocycles. The molecular weight excluding hydrogens is 166 g/mol. The second-order valence-corrected chi connectivity index (χ2v) is 2.58. The third kappa shape index (κ3) is 8.79. The van der Waals surface area contributed by atoms with Crippen molar-refractivity contribution in [3.05, 3.63) is 12.2 Å². The van der Waals surface area contributed by atoms with Gasteiger partial charge in [0.15, 0.2) is 0 Å². The van der Waals surface area contributed by atoms with Crippen molar-refractivity contribution >= 4 is 12.2 Å². The van der Waals surface area contributed by atoms with Crippen LogP contribution in [-0.2, 0) is 9.53 Å². The van der Waals surface area contributed by atoms with Crippen molar-refractivity contribution in [2.75, 3.05) is 13.7 Å². The topological polar surface area (TPSA) is 38.7 Å². The zero-order valence-electron chi connectivity index (χ0n) is 8.32. The average molecular weight is 183 g/mol. The number of carbonyl (C=O) groups is 1. The number of hydrogen-bond acceptors (Lipinski definition) is 3. The Morgan fingerprint density at radius 3 is 2.85 bits per heavy atom. The van der Waals surface area contributed by atoms with E-state index in [1.54, 1.807) is 0 Å². The van der Waals surface area contributed by atoms with Gasteiger partial charge in [0.05, 0.1) is 7.11 Å². The van der Waals surface area contributed by atoms with E-state index in [1.807, 2.05) is 0 Å². The van der Waals surface area contributed by atoms with Crippen LogP contribution in [0.15, 0.2) is 17.1 Å². The molecule has 0 heterocycles. The molecule has 0 saturated carbocycles. The first-order chi connectivity index (χ1) is 6.31. The maximum Gasteiger partial charge on any atom is 0.348 e. The van der Waals surface area contributed by atoms with Gasteiger partial charge in [0.2, 0.25) is 0 Å². The minimum absolute atomic E-state index is 0.385. The Morgan fingerprint density at radius 1 is 1.46 bits per heavy atom. The summed E-state index contributed by atoms with van der Waals surface area (Å²) in [6.45, 7) is 2.79. The molecule has 0 aliphatic heterocycles. The van der Waals surface area contributed by atoms with Crippen LogP contribution in [0.1, 0.15) is 26.2 Å². The second kappa shape index (κ2) is 8.97. The van der Waals surface area contributed by atoms with Crippen molar-refractivity contribution in [3.63, 3.8) is 0 Å². The van der Waals surface area contributed by atoms with Crippen LogP contribution in [0.3, 0.4) is 0 Å². The normalized spacial score (nSPS) is 11.2. The molecule has 74 valence electrons. The van der Waals surface area contributed by atoms with Crippen LogP contribution in [0.25, 0.3) is 0 Å². The smallest absolute Gasteiger partial charge is 0.348 e. The zero-order chi connectivity index (χ0) is 9.94. The van der Waals surface area contributed by atoms with Crippen LogP contribution in [0.2, 0.25) is 0 Å². The number of carbonyl (C=O) groups excluding carboxylic acids is 1. The van der Waals surface area contributed by atoms with Crippen molar-refractivity contribution in [1.29, 1.82) is 0 Å². The lowest BCUT2D eigenvalue weighted by Crippen LogP contribution is -2.01. The van der Waals surface area contributed by atoms with Gasteiger partial charge in [-0.25, -0.2) is 4.79 Å². The Bertz CT molecular complexity index is 185. The SMILES string of the molecule is CC/C=C\CCCN=CC(=O)OC. The van der Waals surface area contributed by atoms with Gasteiger partial charge in [-0.3, -0.25) is 4.99 Å². The second-order valence-electron chi connectivity index (χ2n) is 2.58. The molecule has 0 bridgehead atoms. The molecule has 0 aromatic heterocycles.